The predicted octanol–water partition coefficient (Wildman–Crippen LogP) is 3.61. The van der Waals surface area contributed by atoms with Crippen LogP contribution in [0.1, 0.15) is 0 Å². The van der Waals surface area contributed by atoms with Gasteiger partial charge in [0.2, 0.25) is 0 Å². The van der Waals surface area contributed by atoms with E-state index in [4.69, 9.17) is 0 Å². The van der Waals surface area contributed by atoms with E-state index in [1.54, 1.807) is 0 Å². The van der Waals surface area contributed by atoms with E-state index >= 15 is 0 Å². The summed E-state index contributed by atoms with van der Waals surface area (Å²) in [7, 11) is 0. The molecule has 3 rings (SSSR count). The Bertz CT molecular complexity index is 494. The van der Waals surface area contributed by atoms with E-state index in [-0.39, 0.29) is 23.9 Å². The van der Waals surface area contributed by atoms with Crippen LogP contribution in [-0.4, -0.2) is 23.9 Å². The molecule has 1 heteroatoms. The van der Waals surface area contributed by atoms with E-state index in [9.17, 15) is 0 Å². The summed E-state index contributed by atoms with van der Waals surface area (Å²) in [6, 6.07) is 21.4. The van der Waals surface area contributed by atoms with Gasteiger partial charge in [-0.15, -0.1) is 0 Å². The first-order chi connectivity index (χ1) is 6.93. The van der Waals surface area contributed by atoms with Crippen LogP contribution in [0.2, 0.25) is 0 Å². The van der Waals surface area contributed by atoms with Crippen molar-refractivity contribution in [3.63, 3.8) is 0 Å². The van der Waals surface area contributed by atoms with Gasteiger partial charge in [0.1, 0.15) is 0 Å². The molecular weight excluding hydrogens is 287 g/mol. The molecule has 0 saturated carbocycles. The Morgan fingerprint density at radius 1 is 0.467 bits per heavy atom. The number of rotatable bonds is 0. The van der Waals surface area contributed by atoms with Crippen LogP contribution in [0.5, 0.6) is 0 Å². The van der Waals surface area contributed by atoms with Gasteiger partial charge >= 0.3 is 0 Å². The number of hydrogen-bond acceptors (Lipinski definition) is 0. The zero-order valence-corrected chi connectivity index (χ0v) is 11.1. The van der Waals surface area contributed by atoms with Crippen LogP contribution in [0.3, 0.4) is 0 Å². The van der Waals surface area contributed by atoms with Gasteiger partial charge < -0.3 is 0 Å². The molecule has 0 atom stereocenters. The Labute approximate surface area is 106 Å². The molecule has 0 aliphatic carbocycles. The van der Waals surface area contributed by atoms with E-state index in [1.807, 2.05) is 0 Å². The molecule has 15 heavy (non-hydrogen) atoms. The Kier molecular flexibility index (Phi) is 2.96. The van der Waals surface area contributed by atoms with Crippen LogP contribution in [0, 0.1) is 0 Å². The van der Waals surface area contributed by atoms with Crippen molar-refractivity contribution in [3.05, 3.63) is 60.7 Å². The second-order valence-electron chi connectivity index (χ2n) is 3.55. The largest absolute Gasteiger partial charge is 0.0616 e. The van der Waals surface area contributed by atoms with Gasteiger partial charge in [-0.2, -0.15) is 0 Å². The van der Waals surface area contributed by atoms with Crippen LogP contribution < -0.4 is 0 Å². The average Bonchev–Trinajstić information content (AvgIpc) is 2.26. The molecule has 4 radical (unpaired) electrons. The van der Waals surface area contributed by atoms with Crippen molar-refractivity contribution in [1.82, 2.24) is 0 Å². The fourth-order valence-corrected chi connectivity index (χ4v) is 1.88. The van der Waals surface area contributed by atoms with Gasteiger partial charge in [0.15, 0.2) is 0 Å². The van der Waals surface area contributed by atoms with Crippen LogP contribution in [0.25, 0.3) is 21.5 Å². The maximum absolute atomic E-state index is 2.24. The Hall–Kier alpha value is -1.02. The summed E-state index contributed by atoms with van der Waals surface area (Å²) in [5.74, 6) is 0. The van der Waals surface area contributed by atoms with Crippen LogP contribution in [0.15, 0.2) is 60.7 Å². The maximum atomic E-state index is 2.24. The molecule has 0 fully saturated rings. The number of hydrogen-bond donors (Lipinski definition) is 0. The SMILES string of the molecule is [Sn].c1ccc2cc3ccccc3cc2c1. The van der Waals surface area contributed by atoms with Crippen molar-refractivity contribution in [2.45, 2.75) is 0 Å². The monoisotopic (exact) mass is 298 g/mol. The van der Waals surface area contributed by atoms with E-state index < -0.39 is 0 Å². The molecule has 0 aromatic heterocycles. The van der Waals surface area contributed by atoms with Gasteiger partial charge in [0.05, 0.1) is 0 Å². The van der Waals surface area contributed by atoms with E-state index in [0.717, 1.165) is 0 Å². The molecule has 0 aliphatic rings. The van der Waals surface area contributed by atoms with Gasteiger partial charge in [-0.05, 0) is 33.7 Å². The summed E-state index contributed by atoms with van der Waals surface area (Å²) < 4.78 is 0. The molecule has 0 bridgehead atoms. The summed E-state index contributed by atoms with van der Waals surface area (Å²) in [6.07, 6.45) is 0. The van der Waals surface area contributed by atoms with Crippen molar-refractivity contribution < 1.29 is 0 Å². The van der Waals surface area contributed by atoms with Gasteiger partial charge in [0, 0.05) is 23.9 Å². The third kappa shape index (κ3) is 1.86. The van der Waals surface area contributed by atoms with E-state index in [2.05, 4.69) is 60.7 Å². The summed E-state index contributed by atoms with van der Waals surface area (Å²) in [5.41, 5.74) is 0. The third-order valence-corrected chi connectivity index (χ3v) is 2.61. The molecule has 3 aromatic rings. The molecule has 0 saturated heterocycles. The maximum Gasteiger partial charge on any atom is 0 e. The average molecular weight is 297 g/mol. The first-order valence-corrected chi connectivity index (χ1v) is 4.81. The Morgan fingerprint density at radius 2 is 0.733 bits per heavy atom. The van der Waals surface area contributed by atoms with Gasteiger partial charge in [-0.3, -0.25) is 0 Å². The molecule has 0 N–H and O–H groups in total. The van der Waals surface area contributed by atoms with Gasteiger partial charge in [-0.1, -0.05) is 48.5 Å². The summed E-state index contributed by atoms with van der Waals surface area (Å²) in [5, 5.41) is 5.25. The summed E-state index contributed by atoms with van der Waals surface area (Å²) in [6.45, 7) is 0. The predicted molar refractivity (Wildman–Crippen MR) is 67.2 cm³/mol. The van der Waals surface area contributed by atoms with Crippen molar-refractivity contribution in [2.24, 2.45) is 0 Å². The Morgan fingerprint density at radius 3 is 1.00 bits per heavy atom. The van der Waals surface area contributed by atoms with Gasteiger partial charge in [0.25, 0.3) is 0 Å². The molecule has 0 aliphatic heterocycles. The van der Waals surface area contributed by atoms with Crippen molar-refractivity contribution >= 4 is 45.5 Å². The first kappa shape index (κ1) is 10.5. The number of benzene rings is 3. The summed E-state index contributed by atoms with van der Waals surface area (Å²) >= 11 is 0. The minimum atomic E-state index is 0. The zero-order valence-electron chi connectivity index (χ0n) is 8.27. The quantitative estimate of drug-likeness (QED) is 0.439. The molecule has 0 heterocycles. The fourth-order valence-electron chi connectivity index (χ4n) is 1.88. The smallest absolute Gasteiger partial charge is 0 e. The molecule has 3 aromatic carbocycles. The van der Waals surface area contributed by atoms with E-state index in [0.29, 0.717) is 0 Å². The first-order valence-electron chi connectivity index (χ1n) is 4.81. The van der Waals surface area contributed by atoms with Crippen molar-refractivity contribution in [3.8, 4) is 0 Å². The topological polar surface area (TPSA) is 0 Å². The molecule has 0 spiro atoms. The van der Waals surface area contributed by atoms with Crippen LogP contribution in [0.4, 0.5) is 0 Å². The minimum absolute atomic E-state index is 0. The van der Waals surface area contributed by atoms with E-state index in [1.165, 1.54) is 21.5 Å². The second kappa shape index (κ2) is 4.23. The zero-order chi connectivity index (χ0) is 9.38. The molecule has 0 nitrogen and oxygen atoms in total. The van der Waals surface area contributed by atoms with Gasteiger partial charge in [-0.25, -0.2) is 0 Å². The normalized spacial score (nSPS) is 10.1. The second-order valence-corrected chi connectivity index (χ2v) is 3.55. The molecular formula is C14H10Sn. The van der Waals surface area contributed by atoms with Crippen molar-refractivity contribution in [2.75, 3.05) is 0 Å². The Balaban J connectivity index is 0.000000853. The molecule has 0 amide bonds. The molecule has 70 valence electrons. The fraction of sp³-hybridized carbons (Fsp3) is 0. The standard InChI is InChI=1S/C14H10.Sn/c1-2-6-12-10-14-8-4-3-7-13(14)9-11(12)5-1;/h1-10H;. The number of fused-ring (bicyclic) bond motifs is 2. The van der Waals surface area contributed by atoms with Crippen molar-refractivity contribution in [1.29, 1.82) is 0 Å². The van der Waals surface area contributed by atoms with Crippen LogP contribution >= 0.6 is 0 Å². The van der Waals surface area contributed by atoms with Crippen LogP contribution in [-0.2, 0) is 0 Å². The third-order valence-electron chi connectivity index (χ3n) is 2.61. The minimum Gasteiger partial charge on any atom is -0.0616 e. The summed E-state index contributed by atoms with van der Waals surface area (Å²) in [4.78, 5) is 0. The molecule has 0 unspecified atom stereocenters.